The second kappa shape index (κ2) is 6.79. The summed E-state index contributed by atoms with van der Waals surface area (Å²) in [5.74, 6) is 0.776. The third-order valence-corrected chi connectivity index (χ3v) is 6.04. The van der Waals surface area contributed by atoms with Crippen LogP contribution in [0.3, 0.4) is 0 Å². The van der Waals surface area contributed by atoms with Crippen LogP contribution in [0.5, 0.6) is 0 Å². The number of nitrogens with zero attached hydrogens (tertiary/aromatic N) is 3. The third kappa shape index (κ3) is 3.32. The van der Waals surface area contributed by atoms with Crippen molar-refractivity contribution in [1.82, 2.24) is 14.4 Å². The van der Waals surface area contributed by atoms with E-state index in [0.29, 0.717) is 11.4 Å². The zero-order valence-corrected chi connectivity index (χ0v) is 15.2. The van der Waals surface area contributed by atoms with Gasteiger partial charge in [0.25, 0.3) is 5.89 Å². The second-order valence-electron chi connectivity index (χ2n) is 6.10. The number of sulfonamides is 1. The Hall–Kier alpha value is -1.48. The standard InChI is InChI=1S/C15H20N4O3S.ClH/c1-19(2)23(20,21)12-7-5-6-11(10-12)13-17-14(18-22-13)15(16)8-3-4-9-15;/h5-7,10H,3-4,8-9,16H2,1-2H3;1H. The fourth-order valence-electron chi connectivity index (χ4n) is 2.77. The number of rotatable bonds is 4. The van der Waals surface area contributed by atoms with Crippen LogP contribution in [0.4, 0.5) is 0 Å². The van der Waals surface area contributed by atoms with Crippen molar-refractivity contribution < 1.29 is 12.9 Å². The van der Waals surface area contributed by atoms with Crippen LogP contribution in [0.25, 0.3) is 11.5 Å². The molecule has 1 aliphatic rings. The molecule has 0 aliphatic heterocycles. The van der Waals surface area contributed by atoms with Gasteiger partial charge in [-0.25, -0.2) is 12.7 Å². The predicted molar refractivity (Wildman–Crippen MR) is 92.2 cm³/mol. The number of hydrogen-bond acceptors (Lipinski definition) is 6. The van der Waals surface area contributed by atoms with Crippen LogP contribution in [-0.2, 0) is 15.6 Å². The summed E-state index contributed by atoms with van der Waals surface area (Å²) >= 11 is 0. The Morgan fingerprint density at radius 2 is 1.92 bits per heavy atom. The lowest BCUT2D eigenvalue weighted by molar-refractivity contribution is 0.372. The first-order valence-electron chi connectivity index (χ1n) is 7.49. The predicted octanol–water partition coefficient (Wildman–Crippen LogP) is 2.14. The van der Waals surface area contributed by atoms with Crippen molar-refractivity contribution in [2.24, 2.45) is 5.73 Å². The van der Waals surface area contributed by atoms with Crippen LogP contribution in [-0.4, -0.2) is 37.0 Å². The minimum Gasteiger partial charge on any atom is -0.334 e. The van der Waals surface area contributed by atoms with Gasteiger partial charge in [-0.15, -0.1) is 12.4 Å². The maximum absolute atomic E-state index is 12.2. The lowest BCUT2D eigenvalue weighted by Gasteiger charge is -2.17. The molecule has 2 aromatic rings. The molecule has 0 radical (unpaired) electrons. The highest BCUT2D eigenvalue weighted by atomic mass is 35.5. The first-order valence-corrected chi connectivity index (χ1v) is 8.93. The van der Waals surface area contributed by atoms with Gasteiger partial charge in [0, 0.05) is 19.7 Å². The number of benzene rings is 1. The summed E-state index contributed by atoms with van der Waals surface area (Å²) in [6.07, 6.45) is 3.77. The number of hydrogen-bond donors (Lipinski definition) is 1. The first kappa shape index (κ1) is 18.9. The Morgan fingerprint density at radius 3 is 2.54 bits per heavy atom. The van der Waals surface area contributed by atoms with Crippen molar-refractivity contribution in [3.63, 3.8) is 0 Å². The van der Waals surface area contributed by atoms with Gasteiger partial charge in [-0.3, -0.25) is 0 Å². The zero-order valence-electron chi connectivity index (χ0n) is 13.6. The number of nitrogens with two attached hydrogens (primary N) is 1. The van der Waals surface area contributed by atoms with E-state index in [9.17, 15) is 8.42 Å². The van der Waals surface area contributed by atoms with Crippen LogP contribution >= 0.6 is 12.4 Å². The van der Waals surface area contributed by atoms with E-state index in [1.807, 2.05) is 0 Å². The summed E-state index contributed by atoms with van der Waals surface area (Å²) in [4.78, 5) is 4.57. The van der Waals surface area contributed by atoms with Crippen LogP contribution in [0, 0.1) is 0 Å². The largest absolute Gasteiger partial charge is 0.334 e. The van der Waals surface area contributed by atoms with Gasteiger partial charge >= 0.3 is 0 Å². The molecule has 1 fully saturated rings. The van der Waals surface area contributed by atoms with Crippen molar-refractivity contribution in [2.45, 2.75) is 36.1 Å². The Morgan fingerprint density at radius 1 is 1.25 bits per heavy atom. The van der Waals surface area contributed by atoms with Gasteiger partial charge in [-0.1, -0.05) is 24.1 Å². The van der Waals surface area contributed by atoms with Gasteiger partial charge in [0.1, 0.15) is 0 Å². The van der Waals surface area contributed by atoms with Gasteiger partial charge in [-0.2, -0.15) is 4.98 Å². The van der Waals surface area contributed by atoms with E-state index in [0.717, 1.165) is 25.7 Å². The molecule has 0 spiro atoms. The monoisotopic (exact) mass is 372 g/mol. The highest BCUT2D eigenvalue weighted by Gasteiger charge is 2.36. The summed E-state index contributed by atoms with van der Waals surface area (Å²) in [5, 5.41) is 4.00. The highest BCUT2D eigenvalue weighted by molar-refractivity contribution is 7.89. The maximum atomic E-state index is 12.2. The van der Waals surface area contributed by atoms with Crippen molar-refractivity contribution in [3.05, 3.63) is 30.1 Å². The lowest BCUT2D eigenvalue weighted by atomic mass is 9.99. The molecule has 0 amide bonds. The number of aromatic nitrogens is 2. The van der Waals surface area contributed by atoms with E-state index in [1.54, 1.807) is 12.1 Å². The van der Waals surface area contributed by atoms with Crippen LogP contribution in [0.15, 0.2) is 33.7 Å². The van der Waals surface area contributed by atoms with E-state index in [1.165, 1.54) is 30.5 Å². The van der Waals surface area contributed by atoms with E-state index in [2.05, 4.69) is 10.1 Å². The molecule has 0 unspecified atom stereocenters. The molecule has 1 aliphatic carbocycles. The fraction of sp³-hybridized carbons (Fsp3) is 0.467. The molecular weight excluding hydrogens is 352 g/mol. The van der Waals surface area contributed by atoms with Crippen LogP contribution in [0.1, 0.15) is 31.5 Å². The Balaban J connectivity index is 0.00000208. The van der Waals surface area contributed by atoms with Gasteiger partial charge in [0.15, 0.2) is 5.82 Å². The molecule has 0 atom stereocenters. The Kier molecular flexibility index (Phi) is 5.34. The van der Waals surface area contributed by atoms with Crippen molar-refractivity contribution in [3.8, 4) is 11.5 Å². The molecule has 1 saturated carbocycles. The molecule has 1 heterocycles. The van der Waals surface area contributed by atoms with E-state index in [4.69, 9.17) is 10.3 Å². The van der Waals surface area contributed by atoms with Crippen LogP contribution < -0.4 is 5.73 Å². The maximum Gasteiger partial charge on any atom is 0.258 e. The zero-order chi connectivity index (χ0) is 16.7. The minimum atomic E-state index is -3.51. The van der Waals surface area contributed by atoms with Gasteiger partial charge in [-0.05, 0) is 31.0 Å². The topological polar surface area (TPSA) is 102 Å². The van der Waals surface area contributed by atoms with Crippen molar-refractivity contribution in [2.75, 3.05) is 14.1 Å². The van der Waals surface area contributed by atoms with Crippen molar-refractivity contribution >= 4 is 22.4 Å². The molecule has 24 heavy (non-hydrogen) atoms. The van der Waals surface area contributed by atoms with E-state index in [-0.39, 0.29) is 23.2 Å². The molecule has 0 bridgehead atoms. The Labute approximate surface area is 147 Å². The fourth-order valence-corrected chi connectivity index (χ4v) is 3.72. The second-order valence-corrected chi connectivity index (χ2v) is 8.25. The molecule has 7 nitrogen and oxygen atoms in total. The summed E-state index contributed by atoms with van der Waals surface area (Å²) in [5.41, 5.74) is 6.35. The summed E-state index contributed by atoms with van der Waals surface area (Å²) < 4.78 is 30.9. The molecule has 1 aromatic carbocycles. The van der Waals surface area contributed by atoms with Gasteiger partial charge in [0.2, 0.25) is 10.0 Å². The molecule has 132 valence electrons. The molecule has 2 N–H and O–H groups in total. The normalized spacial score (nSPS) is 17.0. The quantitative estimate of drug-likeness (QED) is 0.881. The molecule has 0 saturated heterocycles. The molecular formula is C15H21ClN4O3S. The first-order chi connectivity index (χ1) is 10.8. The van der Waals surface area contributed by atoms with Crippen LogP contribution in [0.2, 0.25) is 0 Å². The van der Waals surface area contributed by atoms with E-state index < -0.39 is 15.6 Å². The molecule has 9 heteroatoms. The molecule has 3 rings (SSSR count). The number of halogens is 1. The lowest BCUT2D eigenvalue weighted by Crippen LogP contribution is -2.34. The smallest absolute Gasteiger partial charge is 0.258 e. The summed E-state index contributed by atoms with van der Waals surface area (Å²) in [6, 6.07) is 6.47. The molecule has 1 aromatic heterocycles. The average molecular weight is 373 g/mol. The average Bonchev–Trinajstić information content (AvgIpc) is 3.17. The van der Waals surface area contributed by atoms with E-state index >= 15 is 0 Å². The summed E-state index contributed by atoms with van der Waals surface area (Å²) in [7, 11) is -0.527. The van der Waals surface area contributed by atoms with Gasteiger partial charge < -0.3 is 10.3 Å². The SMILES string of the molecule is CN(C)S(=O)(=O)c1cccc(-c2nc(C3(N)CCCC3)no2)c1.Cl. The Bertz CT molecular complexity index is 814. The third-order valence-electron chi connectivity index (χ3n) is 4.23. The van der Waals surface area contributed by atoms with Crippen molar-refractivity contribution in [1.29, 1.82) is 0 Å². The minimum absolute atomic E-state index is 0. The summed E-state index contributed by atoms with van der Waals surface area (Å²) in [6.45, 7) is 0. The highest BCUT2D eigenvalue weighted by Crippen LogP contribution is 2.35. The van der Waals surface area contributed by atoms with Gasteiger partial charge in [0.05, 0.1) is 10.4 Å².